The molecule has 0 aliphatic carbocycles. The Morgan fingerprint density at radius 2 is 1.93 bits per heavy atom. The van der Waals surface area contributed by atoms with Crippen molar-refractivity contribution in [2.75, 3.05) is 13.1 Å². The summed E-state index contributed by atoms with van der Waals surface area (Å²) in [5.41, 5.74) is 6.19. The molecule has 3 nitrogen and oxygen atoms in total. The maximum atomic E-state index is 11.8. The van der Waals surface area contributed by atoms with E-state index < -0.39 is 0 Å². The SMILES string of the molecule is CCC(N)CC(=O)N1CCC(C)(C)CC1. The molecule has 0 aromatic heterocycles. The third kappa shape index (κ3) is 3.82. The summed E-state index contributed by atoms with van der Waals surface area (Å²) in [6.45, 7) is 8.38. The predicted octanol–water partition coefficient (Wildman–Crippen LogP) is 1.76. The Labute approximate surface area is 93.0 Å². The van der Waals surface area contributed by atoms with Gasteiger partial charge >= 0.3 is 0 Å². The highest BCUT2D eigenvalue weighted by molar-refractivity contribution is 5.76. The first-order chi connectivity index (χ1) is 6.94. The van der Waals surface area contributed by atoms with E-state index in [2.05, 4.69) is 13.8 Å². The molecule has 1 aliphatic rings. The Kier molecular flexibility index (Phi) is 4.14. The lowest BCUT2D eigenvalue weighted by atomic mass is 9.82. The average molecular weight is 212 g/mol. The predicted molar refractivity (Wildman–Crippen MR) is 62.5 cm³/mol. The van der Waals surface area contributed by atoms with Crippen LogP contribution in [0, 0.1) is 5.41 Å². The zero-order valence-corrected chi connectivity index (χ0v) is 10.3. The summed E-state index contributed by atoms with van der Waals surface area (Å²) >= 11 is 0. The molecule has 3 heteroatoms. The zero-order valence-electron chi connectivity index (χ0n) is 10.3. The first kappa shape index (κ1) is 12.5. The van der Waals surface area contributed by atoms with Crippen molar-refractivity contribution in [2.24, 2.45) is 11.1 Å². The first-order valence-electron chi connectivity index (χ1n) is 5.98. The van der Waals surface area contributed by atoms with Crippen molar-refractivity contribution in [3.63, 3.8) is 0 Å². The Bertz CT molecular complexity index is 216. The lowest BCUT2D eigenvalue weighted by molar-refractivity contribution is -0.133. The van der Waals surface area contributed by atoms with Crippen molar-refractivity contribution in [1.82, 2.24) is 4.90 Å². The highest BCUT2D eigenvalue weighted by Gasteiger charge is 2.27. The van der Waals surface area contributed by atoms with Crippen LogP contribution >= 0.6 is 0 Å². The van der Waals surface area contributed by atoms with E-state index in [0.29, 0.717) is 11.8 Å². The Morgan fingerprint density at radius 1 is 1.40 bits per heavy atom. The van der Waals surface area contributed by atoms with E-state index in [9.17, 15) is 4.79 Å². The second-order valence-electron chi connectivity index (χ2n) is 5.42. The van der Waals surface area contributed by atoms with Gasteiger partial charge in [0.2, 0.25) is 5.91 Å². The number of amides is 1. The van der Waals surface area contributed by atoms with E-state index >= 15 is 0 Å². The zero-order chi connectivity index (χ0) is 11.5. The van der Waals surface area contributed by atoms with E-state index in [4.69, 9.17) is 5.73 Å². The van der Waals surface area contributed by atoms with Gasteiger partial charge in [0.1, 0.15) is 0 Å². The molecular weight excluding hydrogens is 188 g/mol. The van der Waals surface area contributed by atoms with Gasteiger partial charge in [-0.3, -0.25) is 4.79 Å². The molecule has 1 fully saturated rings. The number of hydrogen-bond acceptors (Lipinski definition) is 2. The highest BCUT2D eigenvalue weighted by Crippen LogP contribution is 2.29. The summed E-state index contributed by atoms with van der Waals surface area (Å²) in [4.78, 5) is 13.8. The fourth-order valence-corrected chi connectivity index (χ4v) is 1.86. The monoisotopic (exact) mass is 212 g/mol. The summed E-state index contributed by atoms with van der Waals surface area (Å²) in [5.74, 6) is 0.236. The topological polar surface area (TPSA) is 46.3 Å². The molecule has 0 saturated carbocycles. The molecule has 1 unspecified atom stereocenters. The van der Waals surface area contributed by atoms with Crippen molar-refractivity contribution in [3.8, 4) is 0 Å². The smallest absolute Gasteiger partial charge is 0.224 e. The van der Waals surface area contributed by atoms with Gasteiger partial charge < -0.3 is 10.6 Å². The van der Waals surface area contributed by atoms with Gasteiger partial charge in [0.15, 0.2) is 0 Å². The Morgan fingerprint density at radius 3 is 2.40 bits per heavy atom. The molecule has 0 aromatic rings. The summed E-state index contributed by atoms with van der Waals surface area (Å²) in [7, 11) is 0. The minimum absolute atomic E-state index is 0.0347. The van der Waals surface area contributed by atoms with Crippen LogP contribution < -0.4 is 5.73 Å². The van der Waals surface area contributed by atoms with Crippen molar-refractivity contribution < 1.29 is 4.79 Å². The molecule has 0 spiro atoms. The van der Waals surface area contributed by atoms with Crippen LogP contribution in [0.25, 0.3) is 0 Å². The van der Waals surface area contributed by atoms with Crippen LogP contribution in [0.15, 0.2) is 0 Å². The molecule has 1 saturated heterocycles. The molecular formula is C12H24N2O. The van der Waals surface area contributed by atoms with E-state index in [0.717, 1.165) is 32.4 Å². The maximum Gasteiger partial charge on any atom is 0.224 e. The van der Waals surface area contributed by atoms with Crippen LogP contribution in [0.4, 0.5) is 0 Å². The standard InChI is InChI=1S/C12H24N2O/c1-4-10(13)9-11(15)14-7-5-12(2,3)6-8-14/h10H,4-9,13H2,1-3H3. The van der Waals surface area contributed by atoms with Gasteiger partial charge in [-0.25, -0.2) is 0 Å². The molecule has 88 valence electrons. The van der Waals surface area contributed by atoms with Gasteiger partial charge in [-0.05, 0) is 24.7 Å². The van der Waals surface area contributed by atoms with E-state index in [1.165, 1.54) is 0 Å². The fourth-order valence-electron chi connectivity index (χ4n) is 1.86. The maximum absolute atomic E-state index is 11.8. The number of piperidine rings is 1. The highest BCUT2D eigenvalue weighted by atomic mass is 16.2. The van der Waals surface area contributed by atoms with Crippen LogP contribution in [-0.4, -0.2) is 29.9 Å². The number of carbonyl (C=O) groups is 1. The molecule has 0 aromatic carbocycles. The largest absolute Gasteiger partial charge is 0.343 e. The van der Waals surface area contributed by atoms with Gasteiger partial charge in [0, 0.05) is 25.6 Å². The third-order valence-electron chi connectivity index (χ3n) is 3.43. The van der Waals surface area contributed by atoms with Gasteiger partial charge in [0.05, 0.1) is 0 Å². The summed E-state index contributed by atoms with van der Waals surface area (Å²) in [5, 5.41) is 0. The van der Waals surface area contributed by atoms with Crippen molar-refractivity contribution >= 4 is 5.91 Å². The van der Waals surface area contributed by atoms with Crippen molar-refractivity contribution in [1.29, 1.82) is 0 Å². The minimum Gasteiger partial charge on any atom is -0.343 e. The number of nitrogens with two attached hydrogens (primary N) is 1. The molecule has 1 rings (SSSR count). The number of rotatable bonds is 3. The van der Waals surface area contributed by atoms with Gasteiger partial charge in [-0.2, -0.15) is 0 Å². The molecule has 0 radical (unpaired) electrons. The molecule has 15 heavy (non-hydrogen) atoms. The van der Waals surface area contributed by atoms with Crippen molar-refractivity contribution in [3.05, 3.63) is 0 Å². The molecule has 1 aliphatic heterocycles. The van der Waals surface area contributed by atoms with Gasteiger partial charge in [0.25, 0.3) is 0 Å². The molecule has 1 amide bonds. The number of carbonyl (C=O) groups excluding carboxylic acids is 1. The fraction of sp³-hybridized carbons (Fsp3) is 0.917. The van der Waals surface area contributed by atoms with Crippen LogP contribution in [0.3, 0.4) is 0 Å². The minimum atomic E-state index is 0.0347. The second-order valence-corrected chi connectivity index (χ2v) is 5.42. The molecule has 1 heterocycles. The lowest BCUT2D eigenvalue weighted by Gasteiger charge is -2.37. The average Bonchev–Trinajstić information content (AvgIpc) is 2.17. The third-order valence-corrected chi connectivity index (χ3v) is 3.43. The number of likely N-dealkylation sites (tertiary alicyclic amines) is 1. The van der Waals surface area contributed by atoms with Crippen LogP contribution in [0.2, 0.25) is 0 Å². The molecule has 1 atom stereocenters. The van der Waals surface area contributed by atoms with E-state index in [1.54, 1.807) is 0 Å². The number of nitrogens with zero attached hydrogens (tertiary/aromatic N) is 1. The van der Waals surface area contributed by atoms with Crippen LogP contribution in [0.1, 0.15) is 46.5 Å². The quantitative estimate of drug-likeness (QED) is 0.775. The van der Waals surface area contributed by atoms with E-state index in [-0.39, 0.29) is 11.9 Å². The van der Waals surface area contributed by atoms with E-state index in [1.807, 2.05) is 11.8 Å². The second kappa shape index (κ2) is 4.97. The van der Waals surface area contributed by atoms with Gasteiger partial charge in [-0.15, -0.1) is 0 Å². The summed E-state index contributed by atoms with van der Waals surface area (Å²) in [6.07, 6.45) is 3.61. The van der Waals surface area contributed by atoms with Crippen molar-refractivity contribution in [2.45, 2.75) is 52.5 Å². The molecule has 0 bridgehead atoms. The first-order valence-corrected chi connectivity index (χ1v) is 5.98. The lowest BCUT2D eigenvalue weighted by Crippen LogP contribution is -2.43. The number of hydrogen-bond donors (Lipinski definition) is 1. The van der Waals surface area contributed by atoms with Gasteiger partial charge in [-0.1, -0.05) is 20.8 Å². The Hall–Kier alpha value is -0.570. The molecule has 2 N–H and O–H groups in total. The Balaban J connectivity index is 2.36. The van der Waals surface area contributed by atoms with Crippen LogP contribution in [-0.2, 0) is 4.79 Å². The summed E-state index contributed by atoms with van der Waals surface area (Å²) in [6, 6.07) is 0.0347. The summed E-state index contributed by atoms with van der Waals surface area (Å²) < 4.78 is 0. The normalized spacial score (nSPS) is 22.5. The van der Waals surface area contributed by atoms with Crippen LogP contribution in [0.5, 0.6) is 0 Å².